The van der Waals surface area contributed by atoms with Crippen LogP contribution in [0.1, 0.15) is 73.3 Å². The highest BCUT2D eigenvalue weighted by atomic mass is 32.2. The van der Waals surface area contributed by atoms with E-state index in [1.807, 2.05) is 17.8 Å². The number of benzene rings is 1. The number of hydrogen-bond donors (Lipinski definition) is 4. The molecule has 3 fully saturated rings. The molecule has 0 spiro atoms. The van der Waals surface area contributed by atoms with Crippen LogP contribution >= 0.6 is 11.8 Å². The lowest BCUT2D eigenvalue weighted by molar-refractivity contribution is -0.141. The van der Waals surface area contributed by atoms with Crippen LogP contribution in [-0.4, -0.2) is 65.9 Å². The van der Waals surface area contributed by atoms with Crippen LogP contribution in [0.15, 0.2) is 52.8 Å². The summed E-state index contributed by atoms with van der Waals surface area (Å²) in [5.74, 6) is -1.81. The Morgan fingerprint density at radius 2 is 1.96 bits per heavy atom. The molecule has 0 radical (unpaired) electrons. The zero-order valence-electron chi connectivity index (χ0n) is 25.9. The monoisotopic (exact) mass is 650 g/mol. The number of furan rings is 1. The number of aromatic nitrogens is 2. The standard InChI is InChI=1S/C35H39FN2O7S/c1-33-14-19-16-37-38(22-6-4-21(36)5-7-22)27(19)13-20(33)3-8-24-25-9-11-35(32(44)46-18-23(40)17-39,26-10-12-45-30(26)31(42)43)34(25,2)15-28(41)29(24)33/h4-7,10,12-13,16,23-25,28-29,39-41H,3,8-9,11,14-15,17-18H2,1-2H3,(H,42,43)/t23?,24-,25-,28-,29+,33-,34-,35+/m0/s1. The van der Waals surface area contributed by atoms with Crippen molar-refractivity contribution in [2.45, 2.75) is 70.0 Å². The Morgan fingerprint density at radius 1 is 1.20 bits per heavy atom. The van der Waals surface area contributed by atoms with Gasteiger partial charge in [0, 0.05) is 11.3 Å². The molecule has 9 nitrogen and oxygen atoms in total. The van der Waals surface area contributed by atoms with Crippen molar-refractivity contribution in [3.63, 3.8) is 0 Å². The highest BCUT2D eigenvalue weighted by Gasteiger charge is 2.70. The second-order valence-electron chi connectivity index (χ2n) is 14.1. The topological polar surface area (TPSA) is 146 Å². The van der Waals surface area contributed by atoms with E-state index in [0.29, 0.717) is 31.2 Å². The van der Waals surface area contributed by atoms with E-state index in [1.165, 1.54) is 24.0 Å². The average Bonchev–Trinajstić information content (AvgIpc) is 3.74. The van der Waals surface area contributed by atoms with Crippen molar-refractivity contribution in [1.29, 1.82) is 0 Å². The Balaban J connectivity index is 1.26. The van der Waals surface area contributed by atoms with Crippen molar-refractivity contribution in [2.75, 3.05) is 12.4 Å². The minimum absolute atomic E-state index is 0.0210. The minimum Gasteiger partial charge on any atom is -0.475 e. The Bertz CT molecular complexity index is 1720. The van der Waals surface area contributed by atoms with Gasteiger partial charge in [0.15, 0.2) is 5.12 Å². The van der Waals surface area contributed by atoms with E-state index in [9.17, 15) is 34.4 Å². The molecule has 4 aliphatic rings. The van der Waals surface area contributed by atoms with Crippen LogP contribution in [0.2, 0.25) is 0 Å². The molecule has 4 aliphatic carbocycles. The van der Waals surface area contributed by atoms with Gasteiger partial charge in [-0.2, -0.15) is 5.10 Å². The number of halogens is 1. The van der Waals surface area contributed by atoms with Gasteiger partial charge in [-0.25, -0.2) is 13.9 Å². The molecule has 2 aromatic heterocycles. The summed E-state index contributed by atoms with van der Waals surface area (Å²) in [7, 11) is 0. The van der Waals surface area contributed by atoms with Gasteiger partial charge < -0.3 is 24.8 Å². The van der Waals surface area contributed by atoms with Crippen molar-refractivity contribution in [3.05, 3.63) is 76.8 Å². The molecule has 11 heteroatoms. The molecule has 0 saturated heterocycles. The van der Waals surface area contributed by atoms with Crippen molar-refractivity contribution in [3.8, 4) is 5.69 Å². The van der Waals surface area contributed by atoms with E-state index >= 15 is 0 Å². The fourth-order valence-electron chi connectivity index (χ4n) is 10.0. The second kappa shape index (κ2) is 11.2. The van der Waals surface area contributed by atoms with E-state index < -0.39 is 35.6 Å². The van der Waals surface area contributed by atoms with Crippen molar-refractivity contribution >= 4 is 28.9 Å². The van der Waals surface area contributed by atoms with Crippen molar-refractivity contribution in [2.24, 2.45) is 28.6 Å². The van der Waals surface area contributed by atoms with Gasteiger partial charge in [-0.15, -0.1) is 0 Å². The highest BCUT2D eigenvalue weighted by Crippen LogP contribution is 2.71. The first kappa shape index (κ1) is 31.4. The second-order valence-corrected chi connectivity index (χ2v) is 15.1. The van der Waals surface area contributed by atoms with Gasteiger partial charge in [0.1, 0.15) is 5.82 Å². The summed E-state index contributed by atoms with van der Waals surface area (Å²) in [6.45, 7) is 3.78. The lowest BCUT2D eigenvalue weighted by atomic mass is 9.44. The Hall–Kier alpha value is -3.25. The summed E-state index contributed by atoms with van der Waals surface area (Å²) >= 11 is 0.915. The molecular weight excluding hydrogens is 611 g/mol. The summed E-state index contributed by atoms with van der Waals surface area (Å²) in [6.07, 6.45) is 7.25. The number of carbonyl (C=O) groups excluding carboxylic acids is 1. The molecule has 0 amide bonds. The number of aromatic carboxylic acids is 1. The summed E-state index contributed by atoms with van der Waals surface area (Å²) in [6, 6.07) is 7.86. The maximum absolute atomic E-state index is 14.4. The van der Waals surface area contributed by atoms with Gasteiger partial charge in [-0.3, -0.25) is 4.79 Å². The third kappa shape index (κ3) is 4.42. The van der Waals surface area contributed by atoms with Gasteiger partial charge >= 0.3 is 5.97 Å². The van der Waals surface area contributed by atoms with Crippen LogP contribution < -0.4 is 0 Å². The molecule has 1 unspecified atom stereocenters. The molecule has 3 saturated carbocycles. The maximum atomic E-state index is 14.4. The van der Waals surface area contributed by atoms with E-state index in [2.05, 4.69) is 18.1 Å². The maximum Gasteiger partial charge on any atom is 0.372 e. The zero-order chi connectivity index (χ0) is 32.6. The molecule has 4 N–H and O–H groups in total. The van der Waals surface area contributed by atoms with Crippen molar-refractivity contribution < 1.29 is 38.8 Å². The van der Waals surface area contributed by atoms with Crippen LogP contribution in [-0.2, 0) is 16.6 Å². The van der Waals surface area contributed by atoms with E-state index in [-0.39, 0.29) is 45.6 Å². The summed E-state index contributed by atoms with van der Waals surface area (Å²) in [4.78, 5) is 26.7. The van der Waals surface area contributed by atoms with E-state index in [0.717, 1.165) is 41.5 Å². The number of allylic oxidation sites excluding steroid dienone is 1. The van der Waals surface area contributed by atoms with Gasteiger partial charge in [-0.05, 0) is 109 Å². The van der Waals surface area contributed by atoms with Gasteiger partial charge in [-0.1, -0.05) is 31.2 Å². The van der Waals surface area contributed by atoms with E-state index in [4.69, 9.17) is 4.42 Å². The largest absolute Gasteiger partial charge is 0.475 e. The SMILES string of the molecule is C[C@]12Cc3cnn(-c4ccc(F)cc4)c3C=C1CC[C@@H]1[C@@H]2[C@@H](O)C[C@@]2(C)[C@H]1CC[C@]2(C(=O)SCC(O)CO)c1ccoc1C(=O)O. The summed E-state index contributed by atoms with van der Waals surface area (Å²) in [5, 5.41) is 46.1. The third-order valence-electron chi connectivity index (χ3n) is 12.0. The molecule has 7 rings (SSSR count). The zero-order valence-corrected chi connectivity index (χ0v) is 26.7. The normalized spacial score (nSPS) is 33.7. The molecular formula is C35H39FN2O7S. The minimum atomic E-state index is -1.26. The molecule has 3 aromatic rings. The predicted octanol–water partition coefficient (Wildman–Crippen LogP) is 5.01. The Labute approximate surface area is 270 Å². The number of aliphatic hydroxyl groups excluding tert-OH is 3. The van der Waals surface area contributed by atoms with Crippen LogP contribution in [0.5, 0.6) is 0 Å². The molecule has 0 bridgehead atoms. The third-order valence-corrected chi connectivity index (χ3v) is 13.1. The number of nitrogens with zero attached hydrogens (tertiary/aromatic N) is 2. The number of fused-ring (bicyclic) bond motifs is 6. The number of thioether (sulfide) groups is 1. The number of carboxylic acids is 1. The first-order valence-electron chi connectivity index (χ1n) is 15.9. The van der Waals surface area contributed by atoms with Crippen LogP contribution in [0, 0.1) is 34.4 Å². The van der Waals surface area contributed by atoms with Crippen LogP contribution in [0.3, 0.4) is 0 Å². The van der Waals surface area contributed by atoms with E-state index in [1.54, 1.807) is 18.2 Å². The Kier molecular flexibility index (Phi) is 7.62. The quantitative estimate of drug-likeness (QED) is 0.277. The number of hydrogen-bond acceptors (Lipinski definition) is 8. The fourth-order valence-corrected chi connectivity index (χ4v) is 11.2. The number of carbonyl (C=O) groups is 2. The number of aliphatic hydroxyl groups is 3. The molecule has 8 atom stereocenters. The molecule has 0 aliphatic heterocycles. The van der Waals surface area contributed by atoms with Crippen LogP contribution in [0.4, 0.5) is 4.39 Å². The van der Waals surface area contributed by atoms with Crippen LogP contribution in [0.25, 0.3) is 11.8 Å². The molecule has 46 heavy (non-hydrogen) atoms. The van der Waals surface area contributed by atoms with Gasteiger partial charge in [0.2, 0.25) is 5.76 Å². The smallest absolute Gasteiger partial charge is 0.372 e. The fraction of sp³-hybridized carbons (Fsp3) is 0.514. The molecule has 244 valence electrons. The first-order valence-corrected chi connectivity index (χ1v) is 16.9. The van der Waals surface area contributed by atoms with Gasteiger partial charge in [0.25, 0.3) is 0 Å². The predicted molar refractivity (Wildman–Crippen MR) is 169 cm³/mol. The lowest BCUT2D eigenvalue weighted by Gasteiger charge is -2.61. The van der Waals surface area contributed by atoms with Gasteiger partial charge in [0.05, 0.1) is 48.1 Å². The first-order chi connectivity index (χ1) is 21.9. The average molecular weight is 651 g/mol. The molecule has 2 heterocycles. The van der Waals surface area contributed by atoms with Crippen molar-refractivity contribution in [1.82, 2.24) is 9.78 Å². The highest BCUT2D eigenvalue weighted by molar-refractivity contribution is 8.13. The lowest BCUT2D eigenvalue weighted by Crippen LogP contribution is -2.60. The summed E-state index contributed by atoms with van der Waals surface area (Å²) < 4.78 is 20.9. The Morgan fingerprint density at radius 3 is 2.67 bits per heavy atom. The number of rotatable bonds is 7. The molecule has 1 aromatic carbocycles. The summed E-state index contributed by atoms with van der Waals surface area (Å²) in [5.41, 5.74) is 2.02. The number of carboxylic acid groups (broad SMARTS) is 1.